The topological polar surface area (TPSA) is 39.1 Å². The van der Waals surface area contributed by atoms with Crippen LogP contribution in [0.2, 0.25) is 0 Å². The molecule has 0 saturated carbocycles. The van der Waals surface area contributed by atoms with Gasteiger partial charge in [-0.05, 0) is 34.0 Å². The number of hydrogen-bond acceptors (Lipinski definition) is 3. The molecule has 0 bridgehead atoms. The summed E-state index contributed by atoms with van der Waals surface area (Å²) >= 11 is 0. The predicted octanol–water partition coefficient (Wildman–Crippen LogP) is 0.830. The SMILES string of the molecule is CCCN(C)CC(C)(C#N)NC. The van der Waals surface area contributed by atoms with Crippen LogP contribution in [0.5, 0.6) is 0 Å². The minimum absolute atomic E-state index is 0.413. The van der Waals surface area contributed by atoms with Gasteiger partial charge in [-0.15, -0.1) is 0 Å². The second kappa shape index (κ2) is 5.13. The zero-order valence-electron chi connectivity index (χ0n) is 8.52. The Hall–Kier alpha value is -0.590. The Morgan fingerprint density at radius 3 is 2.50 bits per heavy atom. The molecule has 0 rings (SSSR count). The molecule has 1 unspecified atom stereocenters. The lowest BCUT2D eigenvalue weighted by atomic mass is 10.1. The van der Waals surface area contributed by atoms with E-state index >= 15 is 0 Å². The van der Waals surface area contributed by atoms with E-state index in [1.165, 1.54) is 0 Å². The fourth-order valence-corrected chi connectivity index (χ4v) is 1.17. The van der Waals surface area contributed by atoms with Crippen LogP contribution in [0.25, 0.3) is 0 Å². The van der Waals surface area contributed by atoms with Gasteiger partial charge in [0, 0.05) is 6.54 Å². The Kier molecular flexibility index (Phi) is 4.87. The fraction of sp³-hybridized carbons (Fsp3) is 0.889. The third-order valence-corrected chi connectivity index (χ3v) is 1.99. The molecule has 0 spiro atoms. The maximum absolute atomic E-state index is 8.86. The van der Waals surface area contributed by atoms with Crippen LogP contribution in [-0.2, 0) is 0 Å². The van der Waals surface area contributed by atoms with Crippen molar-refractivity contribution < 1.29 is 0 Å². The van der Waals surface area contributed by atoms with Crippen LogP contribution in [0.4, 0.5) is 0 Å². The lowest BCUT2D eigenvalue weighted by molar-refractivity contribution is 0.269. The average Bonchev–Trinajstić information content (AvgIpc) is 2.05. The van der Waals surface area contributed by atoms with E-state index in [9.17, 15) is 0 Å². The van der Waals surface area contributed by atoms with E-state index in [4.69, 9.17) is 5.26 Å². The maximum atomic E-state index is 8.86. The first kappa shape index (κ1) is 11.4. The predicted molar refractivity (Wildman–Crippen MR) is 50.9 cm³/mol. The summed E-state index contributed by atoms with van der Waals surface area (Å²) in [6, 6.07) is 2.26. The molecule has 0 aliphatic carbocycles. The molecule has 0 aromatic carbocycles. The van der Waals surface area contributed by atoms with Gasteiger partial charge in [0.1, 0.15) is 5.54 Å². The van der Waals surface area contributed by atoms with E-state index in [0.29, 0.717) is 0 Å². The summed E-state index contributed by atoms with van der Waals surface area (Å²) in [5.41, 5.74) is -0.413. The van der Waals surface area contributed by atoms with Gasteiger partial charge >= 0.3 is 0 Å². The van der Waals surface area contributed by atoms with Crippen molar-refractivity contribution in [3.8, 4) is 6.07 Å². The summed E-state index contributed by atoms with van der Waals surface area (Å²) in [6.07, 6.45) is 1.13. The minimum Gasteiger partial charge on any atom is -0.303 e. The van der Waals surface area contributed by atoms with Crippen LogP contribution in [0.3, 0.4) is 0 Å². The first-order chi connectivity index (χ1) is 5.58. The summed E-state index contributed by atoms with van der Waals surface area (Å²) in [5, 5.41) is 11.9. The summed E-state index contributed by atoms with van der Waals surface area (Å²) in [6.45, 7) is 5.87. The van der Waals surface area contributed by atoms with Crippen molar-refractivity contribution in [2.24, 2.45) is 0 Å². The summed E-state index contributed by atoms with van der Waals surface area (Å²) < 4.78 is 0. The monoisotopic (exact) mass is 169 g/mol. The highest BCUT2D eigenvalue weighted by Gasteiger charge is 2.22. The molecule has 0 aromatic heterocycles. The number of nitrogens with zero attached hydrogens (tertiary/aromatic N) is 2. The van der Waals surface area contributed by atoms with E-state index in [0.717, 1.165) is 19.5 Å². The number of nitrogens with one attached hydrogen (secondary N) is 1. The Bertz CT molecular complexity index is 162. The summed E-state index contributed by atoms with van der Waals surface area (Å²) in [7, 11) is 3.86. The molecule has 1 N–H and O–H groups in total. The van der Waals surface area contributed by atoms with Crippen LogP contribution in [0.15, 0.2) is 0 Å². The van der Waals surface area contributed by atoms with Gasteiger partial charge < -0.3 is 10.2 Å². The Balaban J connectivity index is 3.95. The van der Waals surface area contributed by atoms with Gasteiger partial charge in [-0.2, -0.15) is 5.26 Å². The van der Waals surface area contributed by atoms with Crippen LogP contribution in [-0.4, -0.2) is 37.6 Å². The Morgan fingerprint density at radius 1 is 1.58 bits per heavy atom. The number of nitriles is 1. The summed E-state index contributed by atoms with van der Waals surface area (Å²) in [4.78, 5) is 2.17. The van der Waals surface area contributed by atoms with Crippen molar-refractivity contribution in [3.05, 3.63) is 0 Å². The number of likely N-dealkylation sites (N-methyl/N-ethyl adjacent to an activating group) is 2. The maximum Gasteiger partial charge on any atom is 0.116 e. The molecule has 0 aromatic rings. The van der Waals surface area contributed by atoms with Gasteiger partial charge in [0.15, 0.2) is 0 Å². The third kappa shape index (κ3) is 3.70. The van der Waals surface area contributed by atoms with Crippen molar-refractivity contribution in [2.45, 2.75) is 25.8 Å². The summed E-state index contributed by atoms with van der Waals surface area (Å²) in [5.74, 6) is 0. The highest BCUT2D eigenvalue weighted by molar-refractivity contribution is 5.04. The first-order valence-corrected chi connectivity index (χ1v) is 4.36. The highest BCUT2D eigenvalue weighted by atomic mass is 15.1. The molecule has 3 heteroatoms. The molecular weight excluding hydrogens is 150 g/mol. The van der Waals surface area contributed by atoms with Gasteiger partial charge in [-0.3, -0.25) is 0 Å². The van der Waals surface area contributed by atoms with E-state index in [-0.39, 0.29) is 0 Å². The molecule has 0 heterocycles. The van der Waals surface area contributed by atoms with Gasteiger partial charge in [-0.25, -0.2) is 0 Å². The fourth-order valence-electron chi connectivity index (χ4n) is 1.17. The Morgan fingerprint density at radius 2 is 2.17 bits per heavy atom. The minimum atomic E-state index is -0.413. The normalized spacial score (nSPS) is 15.7. The molecule has 0 fully saturated rings. The van der Waals surface area contributed by atoms with Crippen molar-refractivity contribution in [1.82, 2.24) is 10.2 Å². The third-order valence-electron chi connectivity index (χ3n) is 1.99. The van der Waals surface area contributed by atoms with Gasteiger partial charge in [0.05, 0.1) is 6.07 Å². The molecule has 12 heavy (non-hydrogen) atoms. The first-order valence-electron chi connectivity index (χ1n) is 4.36. The van der Waals surface area contributed by atoms with E-state index in [1.807, 2.05) is 21.0 Å². The van der Waals surface area contributed by atoms with Crippen molar-refractivity contribution in [2.75, 3.05) is 27.2 Å². The quantitative estimate of drug-likeness (QED) is 0.662. The molecule has 3 nitrogen and oxygen atoms in total. The zero-order chi connectivity index (χ0) is 9.61. The highest BCUT2D eigenvalue weighted by Crippen LogP contribution is 2.03. The number of hydrogen-bond donors (Lipinski definition) is 1. The van der Waals surface area contributed by atoms with Crippen LogP contribution in [0, 0.1) is 11.3 Å². The van der Waals surface area contributed by atoms with E-state index in [1.54, 1.807) is 0 Å². The van der Waals surface area contributed by atoms with Crippen LogP contribution in [0.1, 0.15) is 20.3 Å². The lowest BCUT2D eigenvalue weighted by Gasteiger charge is -2.26. The van der Waals surface area contributed by atoms with Gasteiger partial charge in [0.25, 0.3) is 0 Å². The van der Waals surface area contributed by atoms with E-state index in [2.05, 4.69) is 23.2 Å². The Labute approximate surface area is 75.4 Å². The van der Waals surface area contributed by atoms with Gasteiger partial charge in [-0.1, -0.05) is 6.92 Å². The molecule has 0 aliphatic rings. The van der Waals surface area contributed by atoms with Crippen molar-refractivity contribution in [1.29, 1.82) is 5.26 Å². The van der Waals surface area contributed by atoms with Crippen molar-refractivity contribution in [3.63, 3.8) is 0 Å². The smallest absolute Gasteiger partial charge is 0.116 e. The average molecular weight is 169 g/mol. The zero-order valence-corrected chi connectivity index (χ0v) is 8.52. The van der Waals surface area contributed by atoms with E-state index < -0.39 is 5.54 Å². The van der Waals surface area contributed by atoms with Gasteiger partial charge in [0.2, 0.25) is 0 Å². The van der Waals surface area contributed by atoms with Crippen LogP contribution >= 0.6 is 0 Å². The lowest BCUT2D eigenvalue weighted by Crippen LogP contribution is -2.47. The molecule has 0 saturated heterocycles. The molecule has 0 amide bonds. The molecule has 1 atom stereocenters. The molecule has 70 valence electrons. The second-order valence-electron chi connectivity index (χ2n) is 3.43. The standard InChI is InChI=1S/C9H19N3/c1-5-6-12(4)8-9(2,7-10)11-3/h11H,5-6,8H2,1-4H3. The molecular formula is C9H19N3. The van der Waals surface area contributed by atoms with Crippen LogP contribution < -0.4 is 5.32 Å². The van der Waals surface area contributed by atoms with Crippen molar-refractivity contribution >= 4 is 0 Å². The number of rotatable bonds is 5. The molecule has 0 radical (unpaired) electrons. The second-order valence-corrected chi connectivity index (χ2v) is 3.43. The largest absolute Gasteiger partial charge is 0.303 e. The molecule has 0 aliphatic heterocycles.